The Kier molecular flexibility index (Phi) is 9.37. The van der Waals surface area contributed by atoms with E-state index in [0.29, 0.717) is 0 Å². The summed E-state index contributed by atoms with van der Waals surface area (Å²) < 4.78 is 13.3. The number of rotatable bonds is 4. The number of hydrogen-bond acceptors (Lipinski definition) is 5. The number of benzene rings is 11. The zero-order valence-electron chi connectivity index (χ0n) is 45.9. The maximum absolute atomic E-state index is 6.66. The van der Waals surface area contributed by atoms with Crippen LogP contribution >= 0.6 is 11.3 Å². The summed E-state index contributed by atoms with van der Waals surface area (Å²) in [4.78, 5) is 14.3. The normalized spacial score (nSPS) is 14.5. The van der Waals surface area contributed by atoms with Crippen LogP contribution in [0.2, 0.25) is 0 Å². The smallest absolute Gasteiger partial charge is 0.120 e. The molecule has 0 unspecified atom stereocenters. The summed E-state index contributed by atoms with van der Waals surface area (Å²) in [6.45, 7) is 12.6. The average Bonchev–Trinajstić information content (AvgIpc) is 4.31. The molecule has 0 saturated carbocycles. The Bertz CT molecular complexity index is 4530. The number of aromatic nitrogens is 2. The summed E-state index contributed by atoms with van der Waals surface area (Å²) in [6, 6.07) is 81.5. The van der Waals surface area contributed by atoms with Gasteiger partial charge in [0.15, 0.2) is 0 Å². The van der Waals surface area contributed by atoms with Crippen molar-refractivity contribution in [3.05, 3.63) is 263 Å². The summed E-state index contributed by atoms with van der Waals surface area (Å²) in [7, 11) is 0. The molecule has 0 radical (unpaired) electrons. The van der Waals surface area contributed by atoms with Crippen LogP contribution in [0.5, 0.6) is 11.5 Å². The highest BCUT2D eigenvalue weighted by molar-refractivity contribution is 7.21. The second-order valence-electron chi connectivity index (χ2n) is 24.5. The van der Waals surface area contributed by atoms with Crippen molar-refractivity contribution in [3.8, 4) is 76.9 Å². The van der Waals surface area contributed by atoms with Crippen LogP contribution < -0.4 is 9.47 Å². The van der Waals surface area contributed by atoms with Gasteiger partial charge >= 0.3 is 0 Å². The van der Waals surface area contributed by atoms with Gasteiger partial charge in [-0.15, -0.1) is 11.3 Å². The zero-order chi connectivity index (χ0) is 54.3. The summed E-state index contributed by atoms with van der Waals surface area (Å²) in [6.07, 6.45) is 0. The van der Waals surface area contributed by atoms with Gasteiger partial charge in [0.05, 0.1) is 31.6 Å². The topological polar surface area (TPSA) is 44.2 Å². The van der Waals surface area contributed by atoms with E-state index in [9.17, 15) is 0 Å². The Labute approximate surface area is 475 Å². The molecule has 0 atom stereocenters. The first-order valence-corrected chi connectivity index (χ1v) is 29.1. The lowest BCUT2D eigenvalue weighted by Gasteiger charge is -2.30. The van der Waals surface area contributed by atoms with Crippen LogP contribution in [-0.4, -0.2) is 21.2 Å². The van der Waals surface area contributed by atoms with Crippen molar-refractivity contribution in [2.75, 3.05) is 0 Å². The van der Waals surface area contributed by atoms with E-state index in [0.717, 1.165) is 76.0 Å². The molecule has 4 nitrogen and oxygen atoms in total. The standard InChI is InChI=1S/C76H54N2O2S/c1-73(2,3)79-43-37-39-45-46-40-38-44(80-74(4,5)6)42-56(46)68-67(55(45)41-43)77-69-70(78-68)72(54-28-20-36-64-66(54)52-26-12-18-34-62(52)76(64)59-31-15-9-23-49(59)50-24-10-16-32-60(50)76)81-71(69)53-27-19-35-63-65(53)51-25-11-17-33-61(51)75(63)57-29-13-7-21-47(57)48-22-8-14-30-58(48)75/h7-42H,1-6H3. The molecular weight excluding hydrogens is 1000 g/mol. The minimum Gasteiger partial charge on any atom is -0.488 e. The van der Waals surface area contributed by atoms with Gasteiger partial charge in [-0.3, -0.25) is 0 Å². The van der Waals surface area contributed by atoms with Crippen molar-refractivity contribution in [1.82, 2.24) is 9.97 Å². The second kappa shape index (κ2) is 16.2. The van der Waals surface area contributed by atoms with Crippen LogP contribution in [0.1, 0.15) is 86.1 Å². The maximum Gasteiger partial charge on any atom is 0.120 e. The van der Waals surface area contributed by atoms with Gasteiger partial charge in [-0.05, 0) is 178 Å². The molecule has 81 heavy (non-hydrogen) atoms. The molecule has 5 heteroatoms. The molecular formula is C76H54N2O2S. The highest BCUT2D eigenvalue weighted by atomic mass is 32.1. The third-order valence-corrected chi connectivity index (χ3v) is 18.9. The number of nitrogens with zero attached hydrogens (tertiary/aromatic N) is 2. The van der Waals surface area contributed by atoms with Crippen LogP contribution in [0.25, 0.3) is 109 Å². The van der Waals surface area contributed by atoms with E-state index < -0.39 is 22.0 Å². The lowest BCUT2D eigenvalue weighted by molar-refractivity contribution is 0.130. The van der Waals surface area contributed by atoms with Gasteiger partial charge in [-0.2, -0.15) is 0 Å². The van der Waals surface area contributed by atoms with E-state index >= 15 is 0 Å². The molecule has 4 aliphatic carbocycles. The van der Waals surface area contributed by atoms with Gasteiger partial charge in [0.2, 0.25) is 0 Å². The fraction of sp³-hybridized carbons (Fsp3) is 0.132. The molecule has 0 bridgehead atoms. The summed E-state index contributed by atoms with van der Waals surface area (Å²) in [5.74, 6) is 1.58. The Morgan fingerprint density at radius 1 is 0.296 bits per heavy atom. The molecule has 2 heterocycles. The average molecular weight is 1060 g/mol. The molecule has 13 aromatic rings. The Morgan fingerprint density at radius 2 is 0.593 bits per heavy atom. The minimum atomic E-state index is -0.513. The molecule has 0 fully saturated rings. The van der Waals surface area contributed by atoms with Crippen LogP contribution in [0.15, 0.2) is 218 Å². The highest BCUT2D eigenvalue weighted by Crippen LogP contribution is 2.67. The van der Waals surface area contributed by atoms with Crippen LogP contribution in [0.4, 0.5) is 0 Å². The van der Waals surface area contributed by atoms with Crippen molar-refractivity contribution >= 4 is 54.9 Å². The lowest BCUT2D eigenvalue weighted by atomic mass is 9.70. The first-order chi connectivity index (χ1) is 39.4. The Balaban J connectivity index is 1.02. The second-order valence-corrected chi connectivity index (χ2v) is 25.5. The van der Waals surface area contributed by atoms with Crippen molar-refractivity contribution in [3.63, 3.8) is 0 Å². The van der Waals surface area contributed by atoms with Crippen molar-refractivity contribution < 1.29 is 9.47 Å². The molecule has 2 spiro atoms. The number of hydrogen-bond donors (Lipinski definition) is 0. The Morgan fingerprint density at radius 3 is 0.938 bits per heavy atom. The minimum absolute atomic E-state index is 0.411. The zero-order valence-corrected chi connectivity index (χ0v) is 46.7. The first-order valence-electron chi connectivity index (χ1n) is 28.3. The van der Waals surface area contributed by atoms with Crippen molar-refractivity contribution in [1.29, 1.82) is 0 Å². The molecule has 0 N–H and O–H groups in total. The van der Waals surface area contributed by atoms with E-state index in [1.165, 1.54) is 89.0 Å². The fourth-order valence-electron chi connectivity index (χ4n) is 15.1. The molecule has 11 aromatic carbocycles. The molecule has 4 aliphatic rings. The highest BCUT2D eigenvalue weighted by Gasteiger charge is 2.54. The van der Waals surface area contributed by atoms with Gasteiger partial charge in [0, 0.05) is 21.9 Å². The number of thiophene rings is 1. The van der Waals surface area contributed by atoms with E-state index in [1.54, 1.807) is 0 Å². The monoisotopic (exact) mass is 1060 g/mol. The van der Waals surface area contributed by atoms with Gasteiger partial charge in [-0.1, -0.05) is 182 Å². The lowest BCUT2D eigenvalue weighted by Crippen LogP contribution is -2.25. The largest absolute Gasteiger partial charge is 0.488 e. The Hall–Kier alpha value is -9.16. The maximum atomic E-state index is 6.66. The molecule has 2 aromatic heterocycles. The van der Waals surface area contributed by atoms with Crippen LogP contribution in [-0.2, 0) is 10.8 Å². The molecule has 386 valence electrons. The number of fused-ring (bicyclic) bond motifs is 27. The van der Waals surface area contributed by atoms with Gasteiger partial charge in [0.25, 0.3) is 0 Å². The summed E-state index contributed by atoms with van der Waals surface area (Å²) in [5.41, 5.74) is 24.5. The fourth-order valence-corrected chi connectivity index (χ4v) is 16.3. The predicted molar refractivity (Wildman–Crippen MR) is 334 cm³/mol. The molecule has 0 saturated heterocycles. The first kappa shape index (κ1) is 46.7. The van der Waals surface area contributed by atoms with E-state index in [1.807, 2.05) is 11.3 Å². The van der Waals surface area contributed by atoms with Crippen LogP contribution in [0, 0.1) is 0 Å². The molecule has 17 rings (SSSR count). The van der Waals surface area contributed by atoms with Gasteiger partial charge < -0.3 is 9.47 Å². The van der Waals surface area contributed by atoms with E-state index in [2.05, 4.69) is 260 Å². The van der Waals surface area contributed by atoms with Gasteiger partial charge in [-0.25, -0.2) is 9.97 Å². The van der Waals surface area contributed by atoms with Crippen molar-refractivity contribution in [2.45, 2.75) is 63.6 Å². The third-order valence-electron chi connectivity index (χ3n) is 17.7. The summed E-state index contributed by atoms with van der Waals surface area (Å²) in [5, 5.41) is 4.16. The molecule has 0 aliphatic heterocycles. The quantitative estimate of drug-likeness (QED) is 0.165. The SMILES string of the molecule is CC(C)(C)Oc1ccc2c3ccc(OC(C)(C)C)cc3c3nc4c(-c5cccc6c5-c5ccccc5C65c6ccccc6-c6ccccc65)sc(-c5cccc6c5-c5ccccc5C65c6ccccc6-c6ccccc65)c4nc3c2c1. The third kappa shape index (κ3) is 6.19. The van der Waals surface area contributed by atoms with E-state index in [4.69, 9.17) is 19.4 Å². The van der Waals surface area contributed by atoms with Gasteiger partial charge in [0.1, 0.15) is 33.7 Å². The number of ether oxygens (including phenoxy) is 2. The van der Waals surface area contributed by atoms with E-state index in [-0.39, 0.29) is 0 Å². The van der Waals surface area contributed by atoms with Crippen LogP contribution in [0.3, 0.4) is 0 Å². The summed E-state index contributed by atoms with van der Waals surface area (Å²) >= 11 is 1.83. The predicted octanol–water partition coefficient (Wildman–Crippen LogP) is 19.5. The molecule has 0 amide bonds. The van der Waals surface area contributed by atoms with Crippen molar-refractivity contribution in [2.24, 2.45) is 0 Å².